The van der Waals surface area contributed by atoms with Gasteiger partial charge in [-0.1, -0.05) is 75.2 Å². The Hall–Kier alpha value is -3.26. The van der Waals surface area contributed by atoms with Crippen LogP contribution in [0.1, 0.15) is 37.8 Å². The Balaban J connectivity index is 1.71. The highest BCUT2D eigenvalue weighted by molar-refractivity contribution is 6.25. The monoisotopic (exact) mass is 418 g/mol. The highest BCUT2D eigenvalue weighted by atomic mass is 15.0. The first-order valence-electron chi connectivity index (χ1n) is 12.0. The highest BCUT2D eigenvalue weighted by Crippen LogP contribution is 2.39. The number of fused-ring (bicyclic) bond motifs is 9. The summed E-state index contributed by atoms with van der Waals surface area (Å²) in [6, 6.07) is 23.4. The molecule has 0 unspecified atom stereocenters. The van der Waals surface area contributed by atoms with E-state index < -0.39 is 0 Å². The third-order valence-corrected chi connectivity index (χ3v) is 7.32. The number of aromatic nitrogens is 2. The summed E-state index contributed by atoms with van der Waals surface area (Å²) in [7, 11) is 4.45. The van der Waals surface area contributed by atoms with Crippen LogP contribution in [-0.4, -0.2) is 9.13 Å². The van der Waals surface area contributed by atoms with E-state index >= 15 is 0 Å². The fraction of sp³-hybridized carbons (Fsp3) is 0.267. The minimum absolute atomic E-state index is 1.13. The summed E-state index contributed by atoms with van der Waals surface area (Å²) in [6.07, 6.45) is 4.62. The second-order valence-corrected chi connectivity index (χ2v) is 9.34. The first-order valence-corrected chi connectivity index (χ1v) is 12.0. The van der Waals surface area contributed by atoms with E-state index in [0.717, 1.165) is 12.8 Å². The molecule has 0 atom stereocenters. The Morgan fingerprint density at radius 3 is 1.22 bits per heavy atom. The van der Waals surface area contributed by atoms with Crippen molar-refractivity contribution >= 4 is 54.4 Å². The van der Waals surface area contributed by atoms with Crippen LogP contribution in [0.5, 0.6) is 0 Å². The molecule has 0 saturated heterocycles. The topological polar surface area (TPSA) is 9.86 Å². The molecular weight excluding hydrogens is 388 g/mol. The Morgan fingerprint density at radius 2 is 0.844 bits per heavy atom. The van der Waals surface area contributed by atoms with Crippen molar-refractivity contribution in [1.82, 2.24) is 9.13 Å². The molecule has 2 aromatic heterocycles. The van der Waals surface area contributed by atoms with Crippen LogP contribution in [0.2, 0.25) is 0 Å². The van der Waals surface area contributed by atoms with Gasteiger partial charge in [0.15, 0.2) is 0 Å². The molecule has 0 aliphatic heterocycles. The fourth-order valence-corrected chi connectivity index (χ4v) is 5.83. The van der Waals surface area contributed by atoms with Crippen LogP contribution in [0.15, 0.2) is 60.7 Å². The van der Waals surface area contributed by atoms with Gasteiger partial charge in [0.25, 0.3) is 0 Å². The molecule has 0 saturated carbocycles. The lowest BCUT2D eigenvalue weighted by molar-refractivity contribution is 0.920. The fourth-order valence-electron chi connectivity index (χ4n) is 5.83. The molecule has 0 aliphatic carbocycles. The Kier molecular flexibility index (Phi) is 4.33. The van der Waals surface area contributed by atoms with Gasteiger partial charge < -0.3 is 9.13 Å². The average Bonchev–Trinajstić information content (AvgIpc) is 3.26. The molecule has 0 bridgehead atoms. The van der Waals surface area contributed by atoms with Crippen LogP contribution < -0.4 is 0 Å². The second-order valence-electron chi connectivity index (χ2n) is 9.34. The SMILES string of the molecule is CCCc1ccc2c3ccc4c(ccc5c6ccc(CCC)cc6n(C)c54)c3n(C)c2c1. The number of hydrogen-bond acceptors (Lipinski definition) is 0. The van der Waals surface area contributed by atoms with Gasteiger partial charge in [0.1, 0.15) is 0 Å². The van der Waals surface area contributed by atoms with Crippen LogP contribution >= 0.6 is 0 Å². The maximum absolute atomic E-state index is 2.40. The van der Waals surface area contributed by atoms with E-state index in [0.29, 0.717) is 0 Å². The van der Waals surface area contributed by atoms with Crippen LogP contribution in [-0.2, 0) is 26.9 Å². The molecule has 0 spiro atoms. The summed E-state index contributed by atoms with van der Waals surface area (Å²) in [4.78, 5) is 0. The predicted molar refractivity (Wildman–Crippen MR) is 140 cm³/mol. The van der Waals surface area contributed by atoms with Crippen molar-refractivity contribution in [2.75, 3.05) is 0 Å². The van der Waals surface area contributed by atoms with Gasteiger partial charge in [0.05, 0.1) is 11.0 Å². The van der Waals surface area contributed by atoms with Crippen molar-refractivity contribution in [1.29, 1.82) is 0 Å². The average molecular weight is 419 g/mol. The largest absolute Gasteiger partial charge is 0.343 e. The summed E-state index contributed by atoms with van der Waals surface area (Å²) in [5, 5.41) is 8.08. The minimum atomic E-state index is 1.13. The van der Waals surface area contributed by atoms with Gasteiger partial charge in [-0.2, -0.15) is 0 Å². The molecule has 32 heavy (non-hydrogen) atoms. The first kappa shape index (κ1) is 19.4. The third-order valence-electron chi connectivity index (χ3n) is 7.32. The zero-order valence-electron chi connectivity index (χ0n) is 19.5. The quantitative estimate of drug-likeness (QED) is 0.274. The van der Waals surface area contributed by atoms with Gasteiger partial charge in [-0.3, -0.25) is 0 Å². The lowest BCUT2D eigenvalue weighted by Gasteiger charge is -2.07. The molecule has 6 aromatic rings. The molecule has 160 valence electrons. The molecule has 0 radical (unpaired) electrons. The lowest BCUT2D eigenvalue weighted by Crippen LogP contribution is -1.92. The number of benzene rings is 4. The maximum Gasteiger partial charge on any atom is 0.0569 e. The van der Waals surface area contributed by atoms with Crippen molar-refractivity contribution in [2.24, 2.45) is 14.1 Å². The first-order chi connectivity index (χ1) is 15.6. The van der Waals surface area contributed by atoms with Crippen molar-refractivity contribution in [2.45, 2.75) is 39.5 Å². The molecule has 0 aliphatic rings. The molecule has 2 heterocycles. The zero-order valence-corrected chi connectivity index (χ0v) is 19.5. The molecule has 0 fully saturated rings. The van der Waals surface area contributed by atoms with Gasteiger partial charge >= 0.3 is 0 Å². The number of aryl methyl sites for hydroxylation is 4. The number of nitrogens with zero attached hydrogens (tertiary/aromatic N) is 2. The maximum atomic E-state index is 2.40. The molecule has 0 amide bonds. The number of hydrogen-bond donors (Lipinski definition) is 0. The van der Waals surface area contributed by atoms with Crippen LogP contribution in [0.3, 0.4) is 0 Å². The number of rotatable bonds is 4. The normalized spacial score (nSPS) is 12.2. The summed E-state index contributed by atoms with van der Waals surface area (Å²) in [5.74, 6) is 0. The van der Waals surface area contributed by atoms with Crippen molar-refractivity contribution < 1.29 is 0 Å². The molecule has 2 heteroatoms. The minimum Gasteiger partial charge on any atom is -0.343 e. The van der Waals surface area contributed by atoms with Gasteiger partial charge in [-0.15, -0.1) is 0 Å². The van der Waals surface area contributed by atoms with E-state index in [1.165, 1.54) is 78.4 Å². The molecule has 2 nitrogen and oxygen atoms in total. The van der Waals surface area contributed by atoms with E-state index in [1.807, 2.05) is 0 Å². The van der Waals surface area contributed by atoms with Crippen molar-refractivity contribution in [3.63, 3.8) is 0 Å². The van der Waals surface area contributed by atoms with Crippen molar-refractivity contribution in [3.8, 4) is 0 Å². The van der Waals surface area contributed by atoms with E-state index in [9.17, 15) is 0 Å². The summed E-state index contributed by atoms with van der Waals surface area (Å²) in [5.41, 5.74) is 8.19. The summed E-state index contributed by atoms with van der Waals surface area (Å²) < 4.78 is 4.81. The highest BCUT2D eigenvalue weighted by Gasteiger charge is 2.16. The standard InChI is InChI=1S/C30H30N2/c1-5-7-19-9-11-21-23-13-15-26-25(29(23)31(3)27(21)17-19)16-14-24-22-12-10-20(8-6-2)18-28(22)32(4)30(24)26/h9-18H,5-8H2,1-4H3. The Labute approximate surface area is 189 Å². The second kappa shape index (κ2) is 7.13. The predicted octanol–water partition coefficient (Wildman–Crippen LogP) is 8.03. The lowest BCUT2D eigenvalue weighted by atomic mass is 10.0. The zero-order chi connectivity index (χ0) is 22.0. The Bertz CT molecular complexity index is 1530. The van der Waals surface area contributed by atoms with Crippen LogP contribution in [0.25, 0.3) is 54.4 Å². The van der Waals surface area contributed by atoms with E-state index in [2.05, 4.69) is 97.7 Å². The van der Waals surface area contributed by atoms with Crippen LogP contribution in [0, 0.1) is 0 Å². The molecule has 6 rings (SSSR count). The molecule has 0 N–H and O–H groups in total. The summed E-state index contributed by atoms with van der Waals surface area (Å²) in [6.45, 7) is 4.50. The van der Waals surface area contributed by atoms with Crippen LogP contribution in [0.4, 0.5) is 0 Å². The van der Waals surface area contributed by atoms with E-state index in [4.69, 9.17) is 0 Å². The molecular formula is C30H30N2. The third kappa shape index (κ3) is 2.59. The summed E-state index contributed by atoms with van der Waals surface area (Å²) >= 11 is 0. The van der Waals surface area contributed by atoms with Crippen molar-refractivity contribution in [3.05, 3.63) is 71.8 Å². The van der Waals surface area contributed by atoms with Gasteiger partial charge in [-0.25, -0.2) is 0 Å². The Morgan fingerprint density at radius 1 is 0.500 bits per heavy atom. The van der Waals surface area contributed by atoms with E-state index in [1.54, 1.807) is 0 Å². The smallest absolute Gasteiger partial charge is 0.0569 e. The van der Waals surface area contributed by atoms with E-state index in [-0.39, 0.29) is 0 Å². The van der Waals surface area contributed by atoms with Gasteiger partial charge in [0.2, 0.25) is 0 Å². The van der Waals surface area contributed by atoms with Gasteiger partial charge in [0, 0.05) is 57.4 Å². The van der Waals surface area contributed by atoms with Gasteiger partial charge in [-0.05, 0) is 36.1 Å². The molecule has 4 aromatic carbocycles.